The maximum atomic E-state index is 12.7. The van der Waals surface area contributed by atoms with E-state index in [0.717, 1.165) is 37.7 Å². The minimum absolute atomic E-state index is 0.0437. The Morgan fingerprint density at radius 3 is 2.32 bits per heavy atom. The summed E-state index contributed by atoms with van der Waals surface area (Å²) in [6, 6.07) is 4.06. The smallest absolute Gasteiger partial charge is 0.410 e. The van der Waals surface area contributed by atoms with Gasteiger partial charge in [-0.15, -0.1) is 0 Å². The molecular formula is C20H28N2O3. The molecule has 0 saturated carbocycles. The van der Waals surface area contributed by atoms with Crippen LogP contribution >= 0.6 is 0 Å². The van der Waals surface area contributed by atoms with Crippen LogP contribution in [0.5, 0.6) is 0 Å². The zero-order chi connectivity index (χ0) is 18.0. The van der Waals surface area contributed by atoms with E-state index in [0.29, 0.717) is 6.42 Å². The molecule has 3 rings (SSSR count). The van der Waals surface area contributed by atoms with Crippen molar-refractivity contribution < 1.29 is 14.3 Å². The van der Waals surface area contributed by atoms with E-state index in [4.69, 9.17) is 4.74 Å². The Kier molecular flexibility index (Phi) is 5.11. The number of rotatable bonds is 3. The van der Waals surface area contributed by atoms with Gasteiger partial charge in [0.15, 0.2) is 0 Å². The zero-order valence-corrected chi connectivity index (χ0v) is 15.4. The molecule has 0 aliphatic carbocycles. The fourth-order valence-electron chi connectivity index (χ4n) is 4.10. The van der Waals surface area contributed by atoms with Crippen molar-refractivity contribution >= 4 is 11.9 Å². The Morgan fingerprint density at radius 1 is 1.16 bits per heavy atom. The molecule has 0 spiro atoms. The van der Waals surface area contributed by atoms with Gasteiger partial charge in [-0.05, 0) is 70.6 Å². The Hall–Kier alpha value is -1.91. The van der Waals surface area contributed by atoms with Crippen molar-refractivity contribution in [2.24, 2.45) is 5.92 Å². The van der Waals surface area contributed by atoms with E-state index in [1.165, 1.54) is 0 Å². The summed E-state index contributed by atoms with van der Waals surface area (Å²) in [7, 11) is 0. The van der Waals surface area contributed by atoms with Gasteiger partial charge in [0.25, 0.3) is 0 Å². The van der Waals surface area contributed by atoms with Crippen LogP contribution in [0.4, 0.5) is 4.79 Å². The third-order valence-electron chi connectivity index (χ3n) is 5.16. The topological polar surface area (TPSA) is 59.5 Å². The molecule has 2 fully saturated rings. The lowest BCUT2D eigenvalue weighted by molar-refractivity contribution is -0.126. The van der Waals surface area contributed by atoms with Gasteiger partial charge in [-0.3, -0.25) is 9.78 Å². The van der Waals surface area contributed by atoms with Crippen molar-refractivity contribution in [1.82, 2.24) is 9.88 Å². The van der Waals surface area contributed by atoms with E-state index < -0.39 is 5.60 Å². The summed E-state index contributed by atoms with van der Waals surface area (Å²) in [6.45, 7) is 5.68. The standard InChI is InChI=1S/C20H28N2O3/c1-20(2,3)25-19(24)22-16-5-4-6-17(22)13-15(12-16)18(23)11-14-7-9-21-10-8-14/h7-10,15-17H,4-6,11-13H2,1-3H3. The molecule has 2 bridgehead atoms. The molecule has 3 heterocycles. The number of hydrogen-bond donors (Lipinski definition) is 0. The summed E-state index contributed by atoms with van der Waals surface area (Å²) in [5, 5.41) is 0. The highest BCUT2D eigenvalue weighted by Gasteiger charge is 2.44. The molecular weight excluding hydrogens is 316 g/mol. The van der Waals surface area contributed by atoms with Crippen molar-refractivity contribution in [3.05, 3.63) is 30.1 Å². The van der Waals surface area contributed by atoms with Crippen LogP contribution in [0.15, 0.2) is 24.5 Å². The molecule has 0 N–H and O–H groups in total. The predicted molar refractivity (Wildman–Crippen MR) is 95.2 cm³/mol. The highest BCUT2D eigenvalue weighted by molar-refractivity contribution is 5.83. The van der Waals surface area contributed by atoms with Gasteiger partial charge < -0.3 is 9.64 Å². The number of ether oxygens (including phenoxy) is 1. The lowest BCUT2D eigenvalue weighted by atomic mass is 9.76. The maximum absolute atomic E-state index is 12.7. The number of piperidine rings is 2. The number of ketones is 1. The first kappa shape index (κ1) is 17.9. The van der Waals surface area contributed by atoms with Crippen LogP contribution in [0, 0.1) is 5.92 Å². The van der Waals surface area contributed by atoms with E-state index in [9.17, 15) is 9.59 Å². The maximum Gasteiger partial charge on any atom is 0.410 e. The number of carbonyl (C=O) groups is 2. The number of amides is 1. The predicted octanol–water partition coefficient (Wildman–Crippen LogP) is 3.76. The van der Waals surface area contributed by atoms with Gasteiger partial charge in [0.2, 0.25) is 0 Å². The monoisotopic (exact) mass is 344 g/mol. The molecule has 25 heavy (non-hydrogen) atoms. The number of Topliss-reactive ketones (excluding diaryl/α,β-unsaturated/α-hetero) is 1. The zero-order valence-electron chi connectivity index (χ0n) is 15.4. The number of aromatic nitrogens is 1. The molecule has 136 valence electrons. The van der Waals surface area contributed by atoms with Crippen molar-refractivity contribution in [3.8, 4) is 0 Å². The summed E-state index contributed by atoms with van der Waals surface area (Å²) < 4.78 is 5.60. The molecule has 1 amide bonds. The van der Waals surface area contributed by atoms with Gasteiger partial charge in [0.05, 0.1) is 0 Å². The highest BCUT2D eigenvalue weighted by Crippen LogP contribution is 2.38. The van der Waals surface area contributed by atoms with Gasteiger partial charge in [-0.1, -0.05) is 0 Å². The van der Waals surface area contributed by atoms with Gasteiger partial charge in [0.1, 0.15) is 11.4 Å². The SMILES string of the molecule is CC(C)(C)OC(=O)N1C2CCCC1CC(C(=O)Cc1ccncc1)C2. The minimum atomic E-state index is -0.487. The second-order valence-corrected chi connectivity index (χ2v) is 8.29. The second kappa shape index (κ2) is 7.14. The van der Waals surface area contributed by atoms with Gasteiger partial charge in [-0.25, -0.2) is 4.79 Å². The van der Waals surface area contributed by atoms with Gasteiger partial charge in [-0.2, -0.15) is 0 Å². The highest BCUT2D eigenvalue weighted by atomic mass is 16.6. The van der Waals surface area contributed by atoms with Gasteiger partial charge >= 0.3 is 6.09 Å². The normalized spacial score (nSPS) is 26.2. The van der Waals surface area contributed by atoms with Gasteiger partial charge in [0, 0.05) is 36.8 Å². The van der Waals surface area contributed by atoms with E-state index in [2.05, 4.69) is 4.98 Å². The summed E-state index contributed by atoms with van der Waals surface area (Å²) in [6.07, 6.45) is 8.27. The van der Waals surface area contributed by atoms with Crippen molar-refractivity contribution in [2.75, 3.05) is 0 Å². The molecule has 2 aliphatic heterocycles. The Balaban J connectivity index is 1.66. The van der Waals surface area contributed by atoms with E-state index in [1.54, 1.807) is 12.4 Å². The number of nitrogens with zero attached hydrogens (tertiary/aromatic N) is 2. The molecule has 2 aliphatic rings. The van der Waals surface area contributed by atoms with Crippen molar-refractivity contribution in [1.29, 1.82) is 0 Å². The first-order valence-corrected chi connectivity index (χ1v) is 9.26. The minimum Gasteiger partial charge on any atom is -0.444 e. The Bertz CT molecular complexity index is 610. The lowest BCUT2D eigenvalue weighted by Gasteiger charge is -2.48. The average molecular weight is 344 g/mol. The second-order valence-electron chi connectivity index (χ2n) is 8.29. The number of fused-ring (bicyclic) bond motifs is 2. The van der Waals surface area contributed by atoms with Crippen LogP contribution in [0.1, 0.15) is 58.4 Å². The van der Waals surface area contributed by atoms with Crippen molar-refractivity contribution in [2.45, 2.75) is 77.0 Å². The molecule has 5 heteroatoms. The van der Waals surface area contributed by atoms with Crippen LogP contribution in [0.25, 0.3) is 0 Å². The quantitative estimate of drug-likeness (QED) is 0.837. The molecule has 1 aromatic rings. The van der Waals surface area contributed by atoms with Crippen LogP contribution in [-0.2, 0) is 16.0 Å². The van der Waals surface area contributed by atoms with Crippen molar-refractivity contribution in [3.63, 3.8) is 0 Å². The molecule has 2 saturated heterocycles. The molecule has 1 aromatic heterocycles. The van der Waals surface area contributed by atoms with Crippen LogP contribution < -0.4 is 0 Å². The number of carbonyl (C=O) groups excluding carboxylic acids is 2. The molecule has 5 nitrogen and oxygen atoms in total. The third-order valence-corrected chi connectivity index (χ3v) is 5.16. The largest absolute Gasteiger partial charge is 0.444 e. The molecule has 2 unspecified atom stereocenters. The number of hydrogen-bond acceptors (Lipinski definition) is 4. The Morgan fingerprint density at radius 2 is 1.76 bits per heavy atom. The fraction of sp³-hybridized carbons (Fsp3) is 0.650. The average Bonchev–Trinajstić information content (AvgIpc) is 2.52. The number of pyridine rings is 1. The fourth-order valence-corrected chi connectivity index (χ4v) is 4.10. The summed E-state index contributed by atoms with van der Waals surface area (Å²) >= 11 is 0. The third kappa shape index (κ3) is 4.39. The summed E-state index contributed by atoms with van der Waals surface area (Å²) in [5.74, 6) is 0.328. The molecule has 0 aromatic carbocycles. The Labute approximate surface area is 149 Å². The molecule has 2 atom stereocenters. The van der Waals surface area contributed by atoms with E-state index >= 15 is 0 Å². The van der Waals surface area contributed by atoms with Crippen LogP contribution in [-0.4, -0.2) is 39.4 Å². The summed E-state index contributed by atoms with van der Waals surface area (Å²) in [5.41, 5.74) is 0.527. The molecule has 0 radical (unpaired) electrons. The van der Waals surface area contributed by atoms with Crippen LogP contribution in [0.3, 0.4) is 0 Å². The lowest BCUT2D eigenvalue weighted by Crippen LogP contribution is -2.56. The summed E-state index contributed by atoms with van der Waals surface area (Å²) in [4.78, 5) is 31.3. The van der Waals surface area contributed by atoms with E-state index in [-0.39, 0.29) is 29.9 Å². The first-order chi connectivity index (χ1) is 11.8. The van der Waals surface area contributed by atoms with E-state index in [1.807, 2.05) is 37.8 Å². The first-order valence-electron chi connectivity index (χ1n) is 9.26. The van der Waals surface area contributed by atoms with Crippen LogP contribution in [0.2, 0.25) is 0 Å².